The van der Waals surface area contributed by atoms with Crippen LogP contribution in [0.5, 0.6) is 0 Å². The second kappa shape index (κ2) is 6.43. The molecule has 0 aliphatic heterocycles. The Balaban J connectivity index is 1.75. The van der Waals surface area contributed by atoms with Gasteiger partial charge < -0.3 is 9.73 Å². The molecular formula is C16H13FIN3O. The van der Waals surface area contributed by atoms with Crippen molar-refractivity contribution < 1.29 is 8.81 Å². The highest BCUT2D eigenvalue weighted by molar-refractivity contribution is 14.1. The third kappa shape index (κ3) is 3.44. The van der Waals surface area contributed by atoms with E-state index in [9.17, 15) is 4.39 Å². The first-order valence-electron chi connectivity index (χ1n) is 6.73. The third-order valence-electron chi connectivity index (χ3n) is 3.13. The summed E-state index contributed by atoms with van der Waals surface area (Å²) < 4.78 is 19.8. The minimum absolute atomic E-state index is 0.123. The maximum absolute atomic E-state index is 12.9. The molecule has 22 heavy (non-hydrogen) atoms. The highest BCUT2D eigenvalue weighted by Gasteiger charge is 2.15. The van der Waals surface area contributed by atoms with Gasteiger partial charge in [-0.3, -0.25) is 0 Å². The average Bonchev–Trinajstić information content (AvgIpc) is 3.00. The Bertz CT molecular complexity index is 756. The Kier molecular flexibility index (Phi) is 4.37. The zero-order valence-corrected chi connectivity index (χ0v) is 13.9. The van der Waals surface area contributed by atoms with Gasteiger partial charge in [-0.25, -0.2) is 4.39 Å². The summed E-state index contributed by atoms with van der Waals surface area (Å²) >= 11 is 2.26. The lowest BCUT2D eigenvalue weighted by atomic mass is 10.2. The fourth-order valence-corrected chi connectivity index (χ4v) is 2.34. The first kappa shape index (κ1) is 15.0. The van der Waals surface area contributed by atoms with Gasteiger partial charge in [-0.1, -0.05) is 0 Å². The number of rotatable bonds is 4. The summed E-state index contributed by atoms with van der Waals surface area (Å²) in [7, 11) is 0. The van der Waals surface area contributed by atoms with E-state index in [2.05, 4.69) is 38.1 Å². The molecule has 0 amide bonds. The van der Waals surface area contributed by atoms with Crippen molar-refractivity contribution in [2.75, 3.05) is 5.32 Å². The predicted molar refractivity (Wildman–Crippen MR) is 90.9 cm³/mol. The van der Waals surface area contributed by atoms with Crippen LogP contribution >= 0.6 is 22.6 Å². The van der Waals surface area contributed by atoms with E-state index in [0.717, 1.165) is 5.69 Å². The van der Waals surface area contributed by atoms with E-state index in [0.29, 0.717) is 17.3 Å². The second-order valence-corrected chi connectivity index (χ2v) is 6.07. The van der Waals surface area contributed by atoms with E-state index in [-0.39, 0.29) is 11.9 Å². The molecule has 3 aromatic rings. The third-order valence-corrected chi connectivity index (χ3v) is 3.85. The predicted octanol–water partition coefficient (Wildman–Crippen LogP) is 4.65. The molecule has 0 fully saturated rings. The van der Waals surface area contributed by atoms with Crippen LogP contribution in [0.3, 0.4) is 0 Å². The molecular weight excluding hydrogens is 396 g/mol. The summed E-state index contributed by atoms with van der Waals surface area (Å²) in [6.07, 6.45) is 0. The number of hydrogen-bond acceptors (Lipinski definition) is 4. The number of anilines is 1. The molecule has 0 spiro atoms. The molecule has 4 nitrogen and oxygen atoms in total. The fraction of sp³-hybridized carbons (Fsp3) is 0.125. The minimum Gasteiger partial charge on any atom is -0.418 e. The lowest BCUT2D eigenvalue weighted by molar-refractivity contribution is 0.485. The Morgan fingerprint density at radius 3 is 2.41 bits per heavy atom. The number of hydrogen-bond donors (Lipinski definition) is 1. The SMILES string of the molecule is C[C@H](Nc1ccc(I)cc1)c1nnc(-c2ccc(F)cc2)o1. The summed E-state index contributed by atoms with van der Waals surface area (Å²) in [5, 5.41) is 11.4. The molecule has 1 heterocycles. The molecule has 1 N–H and O–H groups in total. The van der Waals surface area contributed by atoms with E-state index in [1.807, 2.05) is 31.2 Å². The average molecular weight is 409 g/mol. The largest absolute Gasteiger partial charge is 0.418 e. The normalized spacial score (nSPS) is 12.1. The highest BCUT2D eigenvalue weighted by atomic mass is 127. The van der Waals surface area contributed by atoms with Gasteiger partial charge >= 0.3 is 0 Å². The van der Waals surface area contributed by atoms with Gasteiger partial charge in [-0.2, -0.15) is 0 Å². The number of halogens is 2. The molecule has 0 aliphatic carbocycles. The maximum atomic E-state index is 12.9. The van der Waals surface area contributed by atoms with Gasteiger partial charge in [-0.15, -0.1) is 10.2 Å². The smallest absolute Gasteiger partial charge is 0.247 e. The first-order valence-corrected chi connectivity index (χ1v) is 7.81. The molecule has 1 atom stereocenters. The standard InChI is InChI=1S/C16H13FIN3O/c1-10(19-14-8-6-13(18)7-9-14)15-20-21-16(22-15)11-2-4-12(17)5-3-11/h2-10,19H,1H3/t10-/m0/s1. The van der Waals surface area contributed by atoms with Crippen molar-refractivity contribution in [2.24, 2.45) is 0 Å². The molecule has 0 saturated heterocycles. The fourth-order valence-electron chi connectivity index (χ4n) is 1.98. The van der Waals surface area contributed by atoms with Crippen LogP contribution in [0.4, 0.5) is 10.1 Å². The van der Waals surface area contributed by atoms with Gasteiger partial charge in [-0.05, 0) is 78.0 Å². The van der Waals surface area contributed by atoms with Crippen LogP contribution in [0.25, 0.3) is 11.5 Å². The van der Waals surface area contributed by atoms with E-state index >= 15 is 0 Å². The zero-order chi connectivity index (χ0) is 15.5. The van der Waals surface area contributed by atoms with Crippen LogP contribution < -0.4 is 5.32 Å². The molecule has 0 bridgehead atoms. The molecule has 2 aromatic carbocycles. The molecule has 3 rings (SSSR count). The van der Waals surface area contributed by atoms with E-state index in [1.54, 1.807) is 12.1 Å². The number of aromatic nitrogens is 2. The summed E-state index contributed by atoms with van der Waals surface area (Å²) in [6, 6.07) is 13.9. The highest BCUT2D eigenvalue weighted by Crippen LogP contribution is 2.23. The van der Waals surface area contributed by atoms with Crippen molar-refractivity contribution in [1.82, 2.24) is 10.2 Å². The zero-order valence-electron chi connectivity index (χ0n) is 11.8. The van der Waals surface area contributed by atoms with Crippen LogP contribution in [0.2, 0.25) is 0 Å². The van der Waals surface area contributed by atoms with E-state index in [1.165, 1.54) is 15.7 Å². The Hall–Kier alpha value is -1.96. The van der Waals surface area contributed by atoms with Crippen molar-refractivity contribution in [3.8, 4) is 11.5 Å². The molecule has 0 unspecified atom stereocenters. The molecule has 0 radical (unpaired) electrons. The van der Waals surface area contributed by atoms with Crippen LogP contribution in [0.1, 0.15) is 18.9 Å². The topological polar surface area (TPSA) is 51.0 Å². The lowest BCUT2D eigenvalue weighted by Crippen LogP contribution is -2.06. The Morgan fingerprint density at radius 2 is 1.73 bits per heavy atom. The quantitative estimate of drug-likeness (QED) is 0.638. The van der Waals surface area contributed by atoms with Crippen molar-refractivity contribution in [3.63, 3.8) is 0 Å². The van der Waals surface area contributed by atoms with Gasteiger partial charge in [0, 0.05) is 14.8 Å². The van der Waals surface area contributed by atoms with Crippen molar-refractivity contribution in [1.29, 1.82) is 0 Å². The van der Waals surface area contributed by atoms with E-state index in [4.69, 9.17) is 4.42 Å². The van der Waals surface area contributed by atoms with Gasteiger partial charge in [0.2, 0.25) is 11.8 Å². The summed E-state index contributed by atoms with van der Waals surface area (Å²) in [6.45, 7) is 1.94. The van der Waals surface area contributed by atoms with Gasteiger partial charge in [0.25, 0.3) is 0 Å². The Morgan fingerprint density at radius 1 is 1.05 bits per heavy atom. The molecule has 0 saturated carbocycles. The lowest BCUT2D eigenvalue weighted by Gasteiger charge is -2.11. The maximum Gasteiger partial charge on any atom is 0.247 e. The number of benzene rings is 2. The summed E-state index contributed by atoms with van der Waals surface area (Å²) in [5.74, 6) is 0.571. The molecule has 112 valence electrons. The summed E-state index contributed by atoms with van der Waals surface area (Å²) in [4.78, 5) is 0. The molecule has 6 heteroatoms. The second-order valence-electron chi connectivity index (χ2n) is 4.83. The van der Waals surface area contributed by atoms with Crippen LogP contribution in [0, 0.1) is 9.39 Å². The van der Waals surface area contributed by atoms with Crippen LogP contribution in [0.15, 0.2) is 52.9 Å². The molecule has 0 aliphatic rings. The van der Waals surface area contributed by atoms with Gasteiger partial charge in [0.05, 0.1) is 0 Å². The van der Waals surface area contributed by atoms with E-state index < -0.39 is 0 Å². The summed E-state index contributed by atoms with van der Waals surface area (Å²) in [5.41, 5.74) is 1.68. The minimum atomic E-state index is -0.294. The van der Waals surface area contributed by atoms with Crippen molar-refractivity contribution >= 4 is 28.3 Å². The van der Waals surface area contributed by atoms with Gasteiger partial charge in [0.15, 0.2) is 0 Å². The van der Waals surface area contributed by atoms with Gasteiger partial charge in [0.1, 0.15) is 11.9 Å². The number of nitrogens with zero attached hydrogens (tertiary/aromatic N) is 2. The Labute approximate surface area is 140 Å². The van der Waals surface area contributed by atoms with Crippen LogP contribution in [-0.2, 0) is 0 Å². The van der Waals surface area contributed by atoms with Crippen LogP contribution in [-0.4, -0.2) is 10.2 Å². The first-order chi connectivity index (χ1) is 10.6. The van der Waals surface area contributed by atoms with Crippen molar-refractivity contribution in [2.45, 2.75) is 13.0 Å². The number of nitrogens with one attached hydrogen (secondary N) is 1. The van der Waals surface area contributed by atoms with Crippen molar-refractivity contribution in [3.05, 3.63) is 63.8 Å². The molecule has 1 aromatic heterocycles. The monoisotopic (exact) mass is 409 g/mol.